The highest BCUT2D eigenvalue weighted by molar-refractivity contribution is 6.41. The zero-order chi connectivity index (χ0) is 7.44. The van der Waals surface area contributed by atoms with Gasteiger partial charge in [0.15, 0.2) is 11.2 Å². The van der Waals surface area contributed by atoms with E-state index in [0.29, 0.717) is 0 Å². The Kier molecular flexibility index (Phi) is 3.24. The second-order valence-electron chi connectivity index (χ2n) is 1.59. The van der Waals surface area contributed by atoms with Crippen molar-refractivity contribution in [2.45, 2.75) is 12.3 Å². The van der Waals surface area contributed by atoms with E-state index in [1.54, 1.807) is 0 Å². The maximum absolute atomic E-state index is 10.5. The summed E-state index contributed by atoms with van der Waals surface area (Å²) in [6.45, 7) is 1.27. The topological polar surface area (TPSA) is 46.2 Å². The SMILES string of the molecule is CNC(=O)C(Cl)C(C)=O. The van der Waals surface area contributed by atoms with Gasteiger partial charge in [-0.05, 0) is 6.92 Å². The highest BCUT2D eigenvalue weighted by atomic mass is 35.5. The van der Waals surface area contributed by atoms with Crippen molar-refractivity contribution in [3.63, 3.8) is 0 Å². The highest BCUT2D eigenvalue weighted by Crippen LogP contribution is 1.95. The largest absolute Gasteiger partial charge is 0.357 e. The molecule has 52 valence electrons. The molecule has 0 aliphatic rings. The van der Waals surface area contributed by atoms with Gasteiger partial charge in [0.05, 0.1) is 0 Å². The summed E-state index contributed by atoms with van der Waals surface area (Å²) in [7, 11) is 1.43. The minimum atomic E-state index is -1.03. The average Bonchev–Trinajstić information content (AvgIpc) is 1.84. The first-order valence-corrected chi connectivity index (χ1v) is 2.89. The summed E-state index contributed by atoms with van der Waals surface area (Å²) >= 11 is 5.30. The summed E-state index contributed by atoms with van der Waals surface area (Å²) in [6, 6.07) is 0. The number of rotatable bonds is 2. The van der Waals surface area contributed by atoms with Crippen LogP contribution in [0.5, 0.6) is 0 Å². The third-order valence-electron chi connectivity index (χ3n) is 0.834. The molecule has 0 radical (unpaired) electrons. The molecule has 1 amide bonds. The Morgan fingerprint density at radius 1 is 1.56 bits per heavy atom. The van der Waals surface area contributed by atoms with Gasteiger partial charge in [-0.1, -0.05) is 0 Å². The molecular weight excluding hydrogens is 142 g/mol. The number of nitrogens with one attached hydrogen (secondary N) is 1. The van der Waals surface area contributed by atoms with Crippen molar-refractivity contribution < 1.29 is 9.59 Å². The molecule has 0 saturated heterocycles. The molecule has 0 aromatic carbocycles. The molecule has 0 fully saturated rings. The lowest BCUT2D eigenvalue weighted by molar-refractivity contribution is -0.126. The zero-order valence-corrected chi connectivity index (χ0v) is 6.03. The minimum Gasteiger partial charge on any atom is -0.357 e. The van der Waals surface area contributed by atoms with Gasteiger partial charge in [-0.2, -0.15) is 0 Å². The summed E-state index contributed by atoms with van der Waals surface area (Å²) in [6.07, 6.45) is 0. The molecule has 0 spiro atoms. The van der Waals surface area contributed by atoms with Gasteiger partial charge in [0, 0.05) is 7.05 Å². The first-order valence-electron chi connectivity index (χ1n) is 2.45. The monoisotopic (exact) mass is 149 g/mol. The average molecular weight is 150 g/mol. The number of halogens is 1. The van der Waals surface area contributed by atoms with E-state index in [-0.39, 0.29) is 5.78 Å². The number of carbonyl (C=O) groups excluding carboxylic acids is 2. The van der Waals surface area contributed by atoms with Gasteiger partial charge in [-0.3, -0.25) is 9.59 Å². The number of amides is 1. The van der Waals surface area contributed by atoms with Crippen molar-refractivity contribution >= 4 is 23.3 Å². The van der Waals surface area contributed by atoms with Crippen molar-refractivity contribution in [1.82, 2.24) is 5.32 Å². The molecule has 0 aromatic rings. The molecule has 0 bridgehead atoms. The van der Waals surface area contributed by atoms with Crippen LogP contribution in [0.1, 0.15) is 6.92 Å². The van der Waals surface area contributed by atoms with Crippen LogP contribution in [0.3, 0.4) is 0 Å². The van der Waals surface area contributed by atoms with E-state index >= 15 is 0 Å². The number of hydrogen-bond acceptors (Lipinski definition) is 2. The maximum Gasteiger partial charge on any atom is 0.245 e. The third-order valence-corrected chi connectivity index (χ3v) is 1.34. The van der Waals surface area contributed by atoms with E-state index in [1.807, 2.05) is 0 Å². The summed E-state index contributed by atoms with van der Waals surface area (Å²) in [5.41, 5.74) is 0. The highest BCUT2D eigenvalue weighted by Gasteiger charge is 2.17. The van der Waals surface area contributed by atoms with Crippen LogP contribution in [0.25, 0.3) is 0 Å². The lowest BCUT2D eigenvalue weighted by atomic mass is 10.3. The molecule has 0 saturated carbocycles. The Bertz CT molecular complexity index is 135. The first kappa shape index (κ1) is 8.43. The maximum atomic E-state index is 10.5. The second kappa shape index (κ2) is 3.45. The Morgan fingerprint density at radius 2 is 2.00 bits per heavy atom. The summed E-state index contributed by atoms with van der Waals surface area (Å²) < 4.78 is 0. The standard InChI is InChI=1S/C5H8ClNO2/c1-3(8)4(6)5(9)7-2/h4H,1-2H3,(H,7,9). The molecule has 0 rings (SSSR count). The first-order chi connectivity index (χ1) is 4.09. The van der Waals surface area contributed by atoms with Gasteiger partial charge < -0.3 is 5.32 Å². The van der Waals surface area contributed by atoms with E-state index in [0.717, 1.165) is 0 Å². The van der Waals surface area contributed by atoms with E-state index < -0.39 is 11.3 Å². The summed E-state index contributed by atoms with van der Waals surface area (Å²) in [5.74, 6) is -0.791. The predicted molar refractivity (Wildman–Crippen MR) is 34.4 cm³/mol. The number of Topliss-reactive ketones (excluding diaryl/α,β-unsaturated/α-hetero) is 1. The Morgan fingerprint density at radius 3 is 2.11 bits per heavy atom. The van der Waals surface area contributed by atoms with Crippen molar-refractivity contribution in [3.05, 3.63) is 0 Å². The van der Waals surface area contributed by atoms with E-state index in [2.05, 4.69) is 5.32 Å². The predicted octanol–water partition coefficient (Wildman–Crippen LogP) is -0.0712. The van der Waals surface area contributed by atoms with Crippen LogP contribution in [0, 0.1) is 0 Å². The molecular formula is C5H8ClNO2. The molecule has 0 heterocycles. The number of ketones is 1. The fraction of sp³-hybridized carbons (Fsp3) is 0.600. The fourth-order valence-electron chi connectivity index (χ4n) is 0.311. The van der Waals surface area contributed by atoms with Crippen LogP contribution >= 0.6 is 11.6 Å². The lowest BCUT2D eigenvalue weighted by Crippen LogP contribution is -2.32. The smallest absolute Gasteiger partial charge is 0.245 e. The molecule has 1 atom stereocenters. The third kappa shape index (κ3) is 2.46. The van der Waals surface area contributed by atoms with Gasteiger partial charge in [0.2, 0.25) is 5.91 Å². The Hall–Kier alpha value is -0.570. The Balaban J connectivity index is 3.88. The summed E-state index contributed by atoms with van der Waals surface area (Å²) in [5, 5.41) is 1.22. The van der Waals surface area contributed by atoms with Gasteiger partial charge in [-0.15, -0.1) is 11.6 Å². The summed E-state index contributed by atoms with van der Waals surface area (Å²) in [4.78, 5) is 20.8. The molecule has 0 aromatic heterocycles. The number of alkyl halides is 1. The number of carbonyl (C=O) groups is 2. The quantitative estimate of drug-likeness (QED) is 0.441. The van der Waals surface area contributed by atoms with E-state index in [9.17, 15) is 9.59 Å². The number of hydrogen-bond donors (Lipinski definition) is 1. The normalized spacial score (nSPS) is 12.3. The van der Waals surface area contributed by atoms with Gasteiger partial charge in [-0.25, -0.2) is 0 Å². The van der Waals surface area contributed by atoms with Crippen molar-refractivity contribution in [2.24, 2.45) is 0 Å². The van der Waals surface area contributed by atoms with Crippen molar-refractivity contribution in [1.29, 1.82) is 0 Å². The van der Waals surface area contributed by atoms with Gasteiger partial charge >= 0.3 is 0 Å². The lowest BCUT2D eigenvalue weighted by Gasteiger charge is -2.00. The Labute approximate surface area is 58.4 Å². The minimum absolute atomic E-state index is 0.337. The molecule has 4 heteroatoms. The van der Waals surface area contributed by atoms with Crippen molar-refractivity contribution in [2.75, 3.05) is 7.05 Å². The zero-order valence-electron chi connectivity index (χ0n) is 5.27. The van der Waals surface area contributed by atoms with E-state index in [4.69, 9.17) is 11.6 Å². The molecule has 1 unspecified atom stereocenters. The van der Waals surface area contributed by atoms with Crippen LogP contribution in [-0.4, -0.2) is 24.1 Å². The molecule has 3 nitrogen and oxygen atoms in total. The van der Waals surface area contributed by atoms with Crippen LogP contribution in [0.2, 0.25) is 0 Å². The fourth-order valence-corrected chi connectivity index (χ4v) is 0.420. The molecule has 0 aliphatic heterocycles. The molecule has 9 heavy (non-hydrogen) atoms. The molecule has 0 aliphatic carbocycles. The van der Waals surface area contributed by atoms with Crippen molar-refractivity contribution in [3.8, 4) is 0 Å². The van der Waals surface area contributed by atoms with Crippen LogP contribution < -0.4 is 5.32 Å². The second-order valence-corrected chi connectivity index (χ2v) is 2.02. The van der Waals surface area contributed by atoms with Crippen LogP contribution in [-0.2, 0) is 9.59 Å². The van der Waals surface area contributed by atoms with Gasteiger partial charge in [0.25, 0.3) is 0 Å². The van der Waals surface area contributed by atoms with Gasteiger partial charge in [0.1, 0.15) is 0 Å². The van der Waals surface area contributed by atoms with Crippen LogP contribution in [0.15, 0.2) is 0 Å². The van der Waals surface area contributed by atoms with Crippen LogP contribution in [0.4, 0.5) is 0 Å². The molecule has 1 N–H and O–H groups in total. The van der Waals surface area contributed by atoms with E-state index in [1.165, 1.54) is 14.0 Å².